The fourth-order valence-electron chi connectivity index (χ4n) is 4.07. The van der Waals surface area contributed by atoms with Gasteiger partial charge in [0.15, 0.2) is 0 Å². The van der Waals surface area contributed by atoms with E-state index in [1.165, 1.54) is 6.92 Å². The fourth-order valence-corrected chi connectivity index (χ4v) is 4.07. The number of amides is 3. The van der Waals surface area contributed by atoms with Gasteiger partial charge in [0.1, 0.15) is 6.04 Å². The molecule has 0 bridgehead atoms. The lowest BCUT2D eigenvalue weighted by Gasteiger charge is -2.40. The molecule has 2 aliphatic rings. The molecule has 6 nitrogen and oxygen atoms in total. The molecule has 0 N–H and O–H groups in total. The van der Waals surface area contributed by atoms with Crippen molar-refractivity contribution in [2.75, 3.05) is 27.2 Å². The average Bonchev–Trinajstić information content (AvgIpc) is 2.66. The van der Waals surface area contributed by atoms with Gasteiger partial charge in [0.2, 0.25) is 17.7 Å². The molecule has 1 aromatic carbocycles. The number of hydrogen-bond donors (Lipinski definition) is 0. The van der Waals surface area contributed by atoms with Crippen LogP contribution in [0.1, 0.15) is 37.3 Å². The van der Waals surface area contributed by atoms with Gasteiger partial charge in [-0.25, -0.2) is 0 Å². The smallest absolute Gasteiger partial charge is 0.245 e. The van der Waals surface area contributed by atoms with E-state index >= 15 is 0 Å². The van der Waals surface area contributed by atoms with E-state index in [0.29, 0.717) is 38.4 Å². The predicted molar refractivity (Wildman–Crippen MR) is 103 cm³/mol. The Bertz CT molecular complexity index is 723. The lowest BCUT2D eigenvalue weighted by Crippen LogP contribution is -2.54. The molecule has 0 radical (unpaired) electrons. The maximum atomic E-state index is 13.2. The second-order valence-corrected chi connectivity index (χ2v) is 7.90. The van der Waals surface area contributed by atoms with Gasteiger partial charge in [-0.3, -0.25) is 14.4 Å². The van der Waals surface area contributed by atoms with Crippen LogP contribution in [0.25, 0.3) is 0 Å². The van der Waals surface area contributed by atoms with E-state index in [-0.39, 0.29) is 17.7 Å². The first kappa shape index (κ1) is 19.4. The van der Waals surface area contributed by atoms with Gasteiger partial charge in [-0.05, 0) is 29.9 Å². The standard InChI is InChI=1S/C21H29N3O3/c1-15(25)24-14-18-7-5-4-6-17(18)13-19(24)21(27)23-10-8-16(9-11-23)12-20(26)22(2)3/h4-7,16,19H,8-14H2,1-3H3. The van der Waals surface area contributed by atoms with Crippen LogP contribution >= 0.6 is 0 Å². The van der Waals surface area contributed by atoms with Gasteiger partial charge >= 0.3 is 0 Å². The van der Waals surface area contributed by atoms with Crippen LogP contribution in [-0.4, -0.2) is 65.6 Å². The molecule has 1 atom stereocenters. The van der Waals surface area contributed by atoms with E-state index in [1.54, 1.807) is 23.9 Å². The Balaban J connectivity index is 1.65. The molecule has 1 fully saturated rings. The summed E-state index contributed by atoms with van der Waals surface area (Å²) in [6.45, 7) is 3.35. The summed E-state index contributed by atoms with van der Waals surface area (Å²) in [4.78, 5) is 42.4. The minimum Gasteiger partial charge on any atom is -0.349 e. The molecule has 1 aromatic rings. The van der Waals surface area contributed by atoms with Crippen LogP contribution in [0, 0.1) is 5.92 Å². The first-order valence-corrected chi connectivity index (χ1v) is 9.69. The van der Waals surface area contributed by atoms with Gasteiger partial charge in [0.05, 0.1) is 0 Å². The van der Waals surface area contributed by atoms with E-state index in [0.717, 1.165) is 24.0 Å². The van der Waals surface area contributed by atoms with Crippen molar-refractivity contribution in [3.63, 3.8) is 0 Å². The van der Waals surface area contributed by atoms with E-state index in [1.807, 2.05) is 29.2 Å². The van der Waals surface area contributed by atoms with Crippen LogP contribution in [0.4, 0.5) is 0 Å². The predicted octanol–water partition coefficient (Wildman–Crippen LogP) is 1.68. The maximum Gasteiger partial charge on any atom is 0.245 e. The molecule has 3 rings (SSSR count). The molecular formula is C21H29N3O3. The zero-order valence-electron chi connectivity index (χ0n) is 16.5. The third-order valence-corrected chi connectivity index (χ3v) is 5.83. The number of rotatable bonds is 3. The second-order valence-electron chi connectivity index (χ2n) is 7.90. The van der Waals surface area contributed by atoms with Gasteiger partial charge in [-0.15, -0.1) is 0 Å². The summed E-state index contributed by atoms with van der Waals surface area (Å²) < 4.78 is 0. The van der Waals surface area contributed by atoms with Gasteiger partial charge in [-0.1, -0.05) is 24.3 Å². The third-order valence-electron chi connectivity index (χ3n) is 5.83. The van der Waals surface area contributed by atoms with Crippen LogP contribution in [0.5, 0.6) is 0 Å². The van der Waals surface area contributed by atoms with Gasteiger partial charge in [0.25, 0.3) is 0 Å². The van der Waals surface area contributed by atoms with Gasteiger partial charge < -0.3 is 14.7 Å². The van der Waals surface area contributed by atoms with Crippen LogP contribution in [0.3, 0.4) is 0 Å². The summed E-state index contributed by atoms with van der Waals surface area (Å²) in [6.07, 6.45) is 2.81. The molecule has 1 saturated heterocycles. The van der Waals surface area contributed by atoms with Crippen molar-refractivity contribution in [1.82, 2.24) is 14.7 Å². The Hall–Kier alpha value is -2.37. The lowest BCUT2D eigenvalue weighted by atomic mass is 9.90. The number of nitrogens with zero attached hydrogens (tertiary/aromatic N) is 3. The normalized spacial score (nSPS) is 20.2. The van der Waals surface area contributed by atoms with Crippen molar-refractivity contribution in [3.8, 4) is 0 Å². The first-order valence-electron chi connectivity index (χ1n) is 9.69. The highest BCUT2D eigenvalue weighted by atomic mass is 16.2. The highest BCUT2D eigenvalue weighted by Gasteiger charge is 2.36. The van der Waals surface area contributed by atoms with E-state index in [9.17, 15) is 14.4 Å². The molecule has 2 aliphatic heterocycles. The third kappa shape index (κ3) is 4.31. The number of carbonyl (C=O) groups is 3. The highest BCUT2D eigenvalue weighted by molar-refractivity contribution is 5.88. The Labute approximate surface area is 161 Å². The number of benzene rings is 1. The molecule has 0 spiro atoms. The molecular weight excluding hydrogens is 342 g/mol. The van der Waals surface area contributed by atoms with Gasteiger partial charge in [0, 0.05) is 53.5 Å². The molecule has 2 heterocycles. The largest absolute Gasteiger partial charge is 0.349 e. The first-order chi connectivity index (χ1) is 12.9. The summed E-state index contributed by atoms with van der Waals surface area (Å²) in [5.74, 6) is 0.456. The zero-order chi connectivity index (χ0) is 19.6. The van der Waals surface area contributed by atoms with Gasteiger partial charge in [-0.2, -0.15) is 0 Å². The SMILES string of the molecule is CC(=O)N1Cc2ccccc2CC1C(=O)N1CCC(CC(=O)N(C)C)CC1. The Morgan fingerprint density at radius 1 is 1.07 bits per heavy atom. The number of hydrogen-bond acceptors (Lipinski definition) is 3. The Morgan fingerprint density at radius 3 is 2.30 bits per heavy atom. The van der Waals surface area contributed by atoms with Crippen molar-refractivity contribution < 1.29 is 14.4 Å². The van der Waals surface area contributed by atoms with Crippen LogP contribution in [0.15, 0.2) is 24.3 Å². The minimum atomic E-state index is -0.419. The van der Waals surface area contributed by atoms with Crippen LogP contribution < -0.4 is 0 Å². The molecule has 3 amide bonds. The number of piperidine rings is 1. The van der Waals surface area contributed by atoms with E-state index in [4.69, 9.17) is 0 Å². The van der Waals surface area contributed by atoms with Crippen molar-refractivity contribution in [2.45, 2.75) is 45.2 Å². The highest BCUT2D eigenvalue weighted by Crippen LogP contribution is 2.27. The molecule has 1 unspecified atom stereocenters. The van der Waals surface area contributed by atoms with E-state index < -0.39 is 6.04 Å². The van der Waals surface area contributed by atoms with Crippen molar-refractivity contribution in [1.29, 1.82) is 0 Å². The Morgan fingerprint density at radius 2 is 1.70 bits per heavy atom. The zero-order valence-corrected chi connectivity index (χ0v) is 16.5. The topological polar surface area (TPSA) is 60.9 Å². The molecule has 146 valence electrons. The van der Waals surface area contributed by atoms with Crippen LogP contribution in [0.2, 0.25) is 0 Å². The van der Waals surface area contributed by atoms with Crippen molar-refractivity contribution >= 4 is 17.7 Å². The monoisotopic (exact) mass is 371 g/mol. The molecule has 0 saturated carbocycles. The lowest BCUT2D eigenvalue weighted by molar-refractivity contribution is -0.147. The molecule has 6 heteroatoms. The second kappa shape index (κ2) is 8.11. The van der Waals surface area contributed by atoms with Crippen molar-refractivity contribution in [2.24, 2.45) is 5.92 Å². The summed E-state index contributed by atoms with van der Waals surface area (Å²) >= 11 is 0. The number of fused-ring (bicyclic) bond motifs is 1. The number of likely N-dealkylation sites (tertiary alicyclic amines) is 1. The maximum absolute atomic E-state index is 13.2. The molecule has 27 heavy (non-hydrogen) atoms. The number of carbonyl (C=O) groups excluding carboxylic acids is 3. The van der Waals surface area contributed by atoms with E-state index in [2.05, 4.69) is 0 Å². The van der Waals surface area contributed by atoms with Crippen LogP contribution in [-0.2, 0) is 27.3 Å². The molecule has 0 aliphatic carbocycles. The fraction of sp³-hybridized carbons (Fsp3) is 0.571. The minimum absolute atomic E-state index is 0.0390. The molecule has 0 aromatic heterocycles. The summed E-state index contributed by atoms with van der Waals surface area (Å²) in [6, 6.07) is 7.61. The summed E-state index contributed by atoms with van der Waals surface area (Å²) in [5.41, 5.74) is 2.28. The Kier molecular flexibility index (Phi) is 5.82. The summed E-state index contributed by atoms with van der Waals surface area (Å²) in [5, 5.41) is 0. The summed E-state index contributed by atoms with van der Waals surface area (Å²) in [7, 11) is 3.55. The average molecular weight is 371 g/mol. The quantitative estimate of drug-likeness (QED) is 0.812. The van der Waals surface area contributed by atoms with Crippen molar-refractivity contribution in [3.05, 3.63) is 35.4 Å².